The first-order valence-corrected chi connectivity index (χ1v) is 5.90. The van der Waals surface area contributed by atoms with Crippen LogP contribution >= 0.6 is 11.6 Å². The highest BCUT2D eigenvalue weighted by Gasteiger charge is 2.44. The number of carbonyl (C=O) groups excluding carboxylic acids is 1. The van der Waals surface area contributed by atoms with Gasteiger partial charge < -0.3 is 5.73 Å². The lowest BCUT2D eigenvalue weighted by molar-refractivity contribution is -0.137. The van der Waals surface area contributed by atoms with Crippen LogP contribution in [0.4, 0.5) is 8.78 Å². The van der Waals surface area contributed by atoms with Gasteiger partial charge in [0.25, 0.3) is 5.92 Å². The average molecular weight is 275 g/mol. The van der Waals surface area contributed by atoms with Crippen molar-refractivity contribution >= 4 is 17.5 Å². The van der Waals surface area contributed by atoms with Crippen LogP contribution in [0, 0.1) is 0 Å². The third kappa shape index (κ3) is 2.97. The molecule has 18 heavy (non-hydrogen) atoms. The molecule has 0 aliphatic carbocycles. The number of carbonyl (C=O) groups is 1. The number of nitrogens with zero attached hydrogens (tertiary/aromatic N) is 1. The number of hydrogen-bond donors (Lipinski definition) is 1. The number of halogens is 3. The van der Waals surface area contributed by atoms with Gasteiger partial charge in [-0.2, -0.15) is 0 Å². The van der Waals surface area contributed by atoms with E-state index in [4.69, 9.17) is 17.3 Å². The number of hydrogen-bond acceptors (Lipinski definition) is 2. The Labute approximate surface area is 109 Å². The van der Waals surface area contributed by atoms with Gasteiger partial charge in [-0.05, 0) is 17.7 Å². The van der Waals surface area contributed by atoms with Crippen molar-refractivity contribution in [1.82, 2.24) is 4.90 Å². The molecule has 1 unspecified atom stereocenters. The van der Waals surface area contributed by atoms with Crippen molar-refractivity contribution in [3.63, 3.8) is 0 Å². The minimum Gasteiger partial charge on any atom is -0.369 e. The lowest BCUT2D eigenvalue weighted by atomic mass is 9.96. The van der Waals surface area contributed by atoms with E-state index >= 15 is 0 Å². The summed E-state index contributed by atoms with van der Waals surface area (Å²) in [6, 6.07) is 6.68. The highest BCUT2D eigenvalue weighted by atomic mass is 35.5. The van der Waals surface area contributed by atoms with Crippen molar-refractivity contribution in [3.05, 3.63) is 34.9 Å². The van der Waals surface area contributed by atoms with E-state index in [1.165, 1.54) is 4.90 Å². The van der Waals surface area contributed by atoms with E-state index in [1.54, 1.807) is 24.3 Å². The molecule has 98 valence electrons. The predicted molar refractivity (Wildman–Crippen MR) is 64.8 cm³/mol. The summed E-state index contributed by atoms with van der Waals surface area (Å²) in [5.74, 6) is -3.74. The van der Waals surface area contributed by atoms with Gasteiger partial charge in [0, 0.05) is 11.6 Å². The third-order valence-electron chi connectivity index (χ3n) is 2.97. The first-order valence-electron chi connectivity index (χ1n) is 5.52. The molecular weight excluding hydrogens is 262 g/mol. The molecule has 1 aromatic rings. The van der Waals surface area contributed by atoms with E-state index in [9.17, 15) is 13.6 Å². The van der Waals surface area contributed by atoms with Gasteiger partial charge in [-0.15, -0.1) is 0 Å². The Bertz CT molecular complexity index is 442. The monoisotopic (exact) mass is 274 g/mol. The zero-order chi connectivity index (χ0) is 13.3. The van der Waals surface area contributed by atoms with Gasteiger partial charge in [-0.3, -0.25) is 9.69 Å². The maximum Gasteiger partial charge on any atom is 0.272 e. The van der Waals surface area contributed by atoms with Crippen LogP contribution in [0.2, 0.25) is 5.02 Å². The van der Waals surface area contributed by atoms with Crippen LogP contribution in [0.3, 0.4) is 0 Å². The maximum atomic E-state index is 12.7. The molecule has 1 heterocycles. The third-order valence-corrected chi connectivity index (χ3v) is 3.22. The van der Waals surface area contributed by atoms with Crippen LogP contribution in [0.25, 0.3) is 0 Å². The standard InChI is InChI=1S/C12H13ClF2N2O/c13-9-3-1-8(2-4-9)10(11(16)18)5-17-6-12(14,15)7-17/h1-4,10H,5-7H2,(H2,16,18). The summed E-state index contributed by atoms with van der Waals surface area (Å²) in [7, 11) is 0. The fourth-order valence-corrected chi connectivity index (χ4v) is 2.18. The number of rotatable bonds is 4. The SMILES string of the molecule is NC(=O)C(CN1CC(F)(F)C1)c1ccc(Cl)cc1. The van der Waals surface area contributed by atoms with Gasteiger partial charge in [0.15, 0.2) is 0 Å². The molecule has 0 saturated carbocycles. The molecule has 0 bridgehead atoms. The lowest BCUT2D eigenvalue weighted by Crippen LogP contribution is -2.57. The fourth-order valence-electron chi connectivity index (χ4n) is 2.05. The molecule has 0 spiro atoms. The highest BCUT2D eigenvalue weighted by molar-refractivity contribution is 6.30. The van der Waals surface area contributed by atoms with Gasteiger partial charge in [-0.25, -0.2) is 8.78 Å². The summed E-state index contributed by atoms with van der Waals surface area (Å²) in [5.41, 5.74) is 6.01. The lowest BCUT2D eigenvalue weighted by Gasteiger charge is -2.40. The molecule has 1 saturated heterocycles. The van der Waals surface area contributed by atoms with Gasteiger partial charge in [0.05, 0.1) is 19.0 Å². The van der Waals surface area contributed by atoms with Crippen molar-refractivity contribution in [2.24, 2.45) is 5.73 Å². The largest absolute Gasteiger partial charge is 0.369 e. The molecule has 3 nitrogen and oxygen atoms in total. The molecule has 1 aromatic carbocycles. The number of amides is 1. The maximum absolute atomic E-state index is 12.7. The van der Waals surface area contributed by atoms with E-state index < -0.39 is 17.7 Å². The van der Waals surface area contributed by atoms with Crippen LogP contribution in [0.1, 0.15) is 11.5 Å². The summed E-state index contributed by atoms with van der Waals surface area (Å²) in [6.45, 7) is -0.415. The second kappa shape index (κ2) is 4.82. The predicted octanol–water partition coefficient (Wildman–Crippen LogP) is 1.86. The molecule has 2 N–H and O–H groups in total. The molecule has 0 radical (unpaired) electrons. The smallest absolute Gasteiger partial charge is 0.272 e. The summed E-state index contributed by atoms with van der Waals surface area (Å²) in [5, 5.41) is 0.553. The Balaban J connectivity index is 2.05. The highest BCUT2D eigenvalue weighted by Crippen LogP contribution is 2.29. The van der Waals surface area contributed by atoms with Gasteiger partial charge >= 0.3 is 0 Å². The zero-order valence-electron chi connectivity index (χ0n) is 9.57. The number of benzene rings is 1. The summed E-state index contributed by atoms with van der Waals surface area (Å²) >= 11 is 5.75. The van der Waals surface area contributed by atoms with Crippen molar-refractivity contribution in [2.45, 2.75) is 11.8 Å². The van der Waals surface area contributed by atoms with Crippen LogP contribution < -0.4 is 5.73 Å². The van der Waals surface area contributed by atoms with E-state index in [0.717, 1.165) is 0 Å². The van der Waals surface area contributed by atoms with Crippen molar-refractivity contribution in [2.75, 3.05) is 19.6 Å². The van der Waals surface area contributed by atoms with E-state index in [1.807, 2.05) is 0 Å². The molecule has 0 aromatic heterocycles. The summed E-state index contributed by atoms with van der Waals surface area (Å²) < 4.78 is 25.4. The molecule has 2 rings (SSSR count). The molecular formula is C12H13ClF2N2O. The number of likely N-dealkylation sites (tertiary alicyclic amines) is 1. The quantitative estimate of drug-likeness (QED) is 0.911. The molecule has 1 amide bonds. The first kappa shape index (κ1) is 13.2. The van der Waals surface area contributed by atoms with Gasteiger partial charge in [0.1, 0.15) is 0 Å². The Morgan fingerprint density at radius 1 is 1.39 bits per heavy atom. The molecule has 1 aliphatic heterocycles. The Morgan fingerprint density at radius 2 is 1.94 bits per heavy atom. The topological polar surface area (TPSA) is 46.3 Å². The van der Waals surface area contributed by atoms with Crippen LogP contribution in [-0.2, 0) is 4.79 Å². The number of alkyl halides is 2. The number of primary amides is 1. The summed E-state index contributed by atoms with van der Waals surface area (Å²) in [6.07, 6.45) is 0. The first-order chi connectivity index (χ1) is 8.37. The Hall–Kier alpha value is -1.20. The second-order valence-electron chi connectivity index (χ2n) is 4.53. The number of nitrogens with two attached hydrogens (primary N) is 1. The van der Waals surface area contributed by atoms with Gasteiger partial charge in [0.2, 0.25) is 5.91 Å². The average Bonchev–Trinajstić information content (AvgIpc) is 2.24. The minimum atomic E-state index is -2.64. The second-order valence-corrected chi connectivity index (χ2v) is 4.97. The molecule has 1 atom stereocenters. The van der Waals surface area contributed by atoms with E-state index in [0.29, 0.717) is 10.6 Å². The van der Waals surface area contributed by atoms with Crippen LogP contribution in [0.15, 0.2) is 24.3 Å². The molecule has 1 fully saturated rings. The Morgan fingerprint density at radius 3 is 2.39 bits per heavy atom. The van der Waals surface area contributed by atoms with Crippen LogP contribution in [0.5, 0.6) is 0 Å². The zero-order valence-corrected chi connectivity index (χ0v) is 10.3. The normalized spacial score (nSPS) is 20.2. The minimum absolute atomic E-state index is 0.215. The molecule has 6 heteroatoms. The van der Waals surface area contributed by atoms with Crippen LogP contribution in [-0.4, -0.2) is 36.4 Å². The van der Waals surface area contributed by atoms with E-state index in [-0.39, 0.29) is 19.6 Å². The molecule has 1 aliphatic rings. The van der Waals surface area contributed by atoms with Gasteiger partial charge in [-0.1, -0.05) is 23.7 Å². The summed E-state index contributed by atoms with van der Waals surface area (Å²) in [4.78, 5) is 12.9. The van der Waals surface area contributed by atoms with Crippen molar-refractivity contribution in [1.29, 1.82) is 0 Å². The Kier molecular flexibility index (Phi) is 3.54. The fraction of sp³-hybridized carbons (Fsp3) is 0.417. The van der Waals surface area contributed by atoms with Crippen molar-refractivity contribution < 1.29 is 13.6 Å². The van der Waals surface area contributed by atoms with Crippen molar-refractivity contribution in [3.8, 4) is 0 Å². The van der Waals surface area contributed by atoms with E-state index in [2.05, 4.69) is 0 Å².